The maximum Gasteiger partial charge on any atom is 0.0601 e. The lowest BCUT2D eigenvalue weighted by atomic mass is 10.4. The third-order valence-electron chi connectivity index (χ3n) is 1.40. The molecule has 0 N–H and O–H groups in total. The van der Waals surface area contributed by atoms with E-state index in [2.05, 4.69) is 38.1 Å². The van der Waals surface area contributed by atoms with Gasteiger partial charge < -0.3 is 4.90 Å². The van der Waals surface area contributed by atoms with Crippen molar-refractivity contribution >= 4 is 23.1 Å². The van der Waals surface area contributed by atoms with Gasteiger partial charge in [0.1, 0.15) is 0 Å². The Labute approximate surface area is 82.8 Å². The molecule has 0 aromatic carbocycles. The summed E-state index contributed by atoms with van der Waals surface area (Å²) in [7, 11) is 4.21. The topological polar surface area (TPSA) is 3.24 Å². The second-order valence-corrected chi connectivity index (χ2v) is 5.62. The zero-order valence-electron chi connectivity index (χ0n) is 7.83. The summed E-state index contributed by atoms with van der Waals surface area (Å²) < 4.78 is 1.44. The molecule has 1 rings (SSSR count). The zero-order valence-corrected chi connectivity index (χ0v) is 9.47. The molecule has 0 aliphatic carbocycles. The number of thioether (sulfide) groups is 1. The Hall–Kier alpha value is 0.01000. The van der Waals surface area contributed by atoms with E-state index in [1.165, 1.54) is 14.8 Å². The molecule has 1 aromatic heterocycles. The molecule has 0 saturated heterocycles. The largest absolute Gasteiger partial charge is 0.304 e. The Kier molecular flexibility index (Phi) is 4.12. The van der Waals surface area contributed by atoms with Gasteiger partial charge in [0.15, 0.2) is 0 Å². The highest BCUT2D eigenvalue weighted by molar-refractivity contribution is 8.01. The van der Waals surface area contributed by atoms with E-state index < -0.39 is 0 Å². The first-order chi connectivity index (χ1) is 5.72. The quantitative estimate of drug-likeness (QED) is 0.689. The second-order valence-electron chi connectivity index (χ2n) is 2.89. The molecule has 1 aromatic rings. The summed E-state index contributed by atoms with van der Waals surface area (Å²) in [6.45, 7) is 3.25. The first-order valence-corrected chi connectivity index (χ1v) is 5.89. The summed E-state index contributed by atoms with van der Waals surface area (Å²) in [5, 5.41) is 0. The Morgan fingerprint density at radius 3 is 2.75 bits per heavy atom. The average molecular weight is 201 g/mol. The van der Waals surface area contributed by atoms with Crippen LogP contribution in [-0.2, 0) is 6.54 Å². The maximum atomic E-state index is 2.22. The van der Waals surface area contributed by atoms with Gasteiger partial charge in [0, 0.05) is 11.4 Å². The van der Waals surface area contributed by atoms with Crippen molar-refractivity contribution in [3.05, 3.63) is 17.0 Å². The Morgan fingerprint density at radius 2 is 2.17 bits per heavy atom. The van der Waals surface area contributed by atoms with Crippen molar-refractivity contribution in [3.63, 3.8) is 0 Å². The van der Waals surface area contributed by atoms with Gasteiger partial charge in [-0.3, -0.25) is 0 Å². The first kappa shape index (κ1) is 10.1. The summed E-state index contributed by atoms with van der Waals surface area (Å²) in [4.78, 5) is 3.66. The van der Waals surface area contributed by atoms with Crippen LogP contribution in [0.25, 0.3) is 0 Å². The molecule has 0 fully saturated rings. The third kappa shape index (κ3) is 3.17. The number of thiophene rings is 1. The van der Waals surface area contributed by atoms with Crippen LogP contribution in [0.5, 0.6) is 0 Å². The number of hydrogen-bond acceptors (Lipinski definition) is 3. The van der Waals surface area contributed by atoms with Crippen LogP contribution >= 0.6 is 23.1 Å². The van der Waals surface area contributed by atoms with E-state index in [0.717, 1.165) is 6.54 Å². The van der Waals surface area contributed by atoms with Crippen LogP contribution in [0.2, 0.25) is 0 Å². The Balaban J connectivity index is 2.52. The van der Waals surface area contributed by atoms with Gasteiger partial charge >= 0.3 is 0 Å². The van der Waals surface area contributed by atoms with Crippen molar-refractivity contribution in [2.24, 2.45) is 0 Å². The highest BCUT2D eigenvalue weighted by atomic mass is 32.2. The number of hydrogen-bond donors (Lipinski definition) is 0. The molecular formula is C9H15NS2. The Bertz CT molecular complexity index is 230. The van der Waals surface area contributed by atoms with Gasteiger partial charge in [-0.05, 0) is 32.0 Å². The van der Waals surface area contributed by atoms with Crippen molar-refractivity contribution in [1.82, 2.24) is 4.90 Å². The van der Waals surface area contributed by atoms with Gasteiger partial charge in [0.2, 0.25) is 0 Å². The molecule has 0 amide bonds. The zero-order chi connectivity index (χ0) is 8.97. The van der Waals surface area contributed by atoms with Gasteiger partial charge in [-0.1, -0.05) is 6.92 Å². The van der Waals surface area contributed by atoms with Crippen LogP contribution < -0.4 is 0 Å². The van der Waals surface area contributed by atoms with E-state index >= 15 is 0 Å². The minimum atomic E-state index is 1.06. The van der Waals surface area contributed by atoms with Gasteiger partial charge in [0.05, 0.1) is 4.21 Å². The standard InChI is InChI=1S/C9H15NS2/c1-4-11-9-6-5-8(12-9)7-10(2)3/h5-6H,4,7H2,1-3H3. The molecule has 0 aliphatic rings. The highest BCUT2D eigenvalue weighted by Gasteiger charge is 2.00. The second kappa shape index (κ2) is 4.90. The first-order valence-electron chi connectivity index (χ1n) is 4.08. The van der Waals surface area contributed by atoms with Crippen molar-refractivity contribution < 1.29 is 0 Å². The van der Waals surface area contributed by atoms with Gasteiger partial charge in [-0.25, -0.2) is 0 Å². The molecule has 0 radical (unpaired) electrons. The lowest BCUT2D eigenvalue weighted by molar-refractivity contribution is 0.406. The fourth-order valence-electron chi connectivity index (χ4n) is 0.975. The van der Waals surface area contributed by atoms with Gasteiger partial charge in [0.25, 0.3) is 0 Å². The van der Waals surface area contributed by atoms with Crippen molar-refractivity contribution in [1.29, 1.82) is 0 Å². The fraction of sp³-hybridized carbons (Fsp3) is 0.556. The van der Waals surface area contributed by atoms with Crippen LogP contribution in [0.1, 0.15) is 11.8 Å². The molecule has 0 spiro atoms. The van der Waals surface area contributed by atoms with Crippen molar-refractivity contribution in [2.45, 2.75) is 17.7 Å². The van der Waals surface area contributed by atoms with Crippen LogP contribution in [-0.4, -0.2) is 24.7 Å². The molecular weight excluding hydrogens is 186 g/mol. The molecule has 12 heavy (non-hydrogen) atoms. The summed E-state index contributed by atoms with van der Waals surface area (Å²) in [6, 6.07) is 4.44. The summed E-state index contributed by atoms with van der Waals surface area (Å²) >= 11 is 3.83. The van der Waals surface area contributed by atoms with Crippen molar-refractivity contribution in [3.8, 4) is 0 Å². The predicted octanol–water partition coefficient (Wildman–Crippen LogP) is 2.92. The van der Waals surface area contributed by atoms with Crippen LogP contribution in [0.4, 0.5) is 0 Å². The summed E-state index contributed by atoms with van der Waals surface area (Å²) in [5.74, 6) is 1.17. The summed E-state index contributed by atoms with van der Waals surface area (Å²) in [6.07, 6.45) is 0. The lowest BCUT2D eigenvalue weighted by Gasteiger charge is -2.05. The molecule has 1 heterocycles. The van der Waals surface area contributed by atoms with Crippen LogP contribution in [0.3, 0.4) is 0 Å². The molecule has 1 nitrogen and oxygen atoms in total. The monoisotopic (exact) mass is 201 g/mol. The van der Waals surface area contributed by atoms with Crippen LogP contribution in [0.15, 0.2) is 16.3 Å². The van der Waals surface area contributed by atoms with E-state index in [-0.39, 0.29) is 0 Å². The van der Waals surface area contributed by atoms with Gasteiger partial charge in [-0.15, -0.1) is 23.1 Å². The van der Waals surface area contributed by atoms with E-state index in [1.807, 2.05) is 23.1 Å². The molecule has 3 heteroatoms. The van der Waals surface area contributed by atoms with E-state index in [4.69, 9.17) is 0 Å². The number of nitrogens with zero attached hydrogens (tertiary/aromatic N) is 1. The van der Waals surface area contributed by atoms with E-state index in [1.54, 1.807) is 0 Å². The van der Waals surface area contributed by atoms with E-state index in [0.29, 0.717) is 0 Å². The minimum Gasteiger partial charge on any atom is -0.304 e. The summed E-state index contributed by atoms with van der Waals surface area (Å²) in [5.41, 5.74) is 0. The maximum absolute atomic E-state index is 2.22. The average Bonchev–Trinajstić information content (AvgIpc) is 2.36. The molecule has 0 saturated carbocycles. The van der Waals surface area contributed by atoms with Gasteiger partial charge in [-0.2, -0.15) is 0 Å². The molecule has 0 unspecified atom stereocenters. The smallest absolute Gasteiger partial charge is 0.0601 e. The predicted molar refractivity (Wildman–Crippen MR) is 58.1 cm³/mol. The normalized spacial score (nSPS) is 11.0. The van der Waals surface area contributed by atoms with Crippen LogP contribution in [0, 0.1) is 0 Å². The Morgan fingerprint density at radius 1 is 1.42 bits per heavy atom. The third-order valence-corrected chi connectivity index (χ3v) is 3.57. The minimum absolute atomic E-state index is 1.06. The molecule has 0 atom stereocenters. The molecule has 68 valence electrons. The fourth-order valence-corrected chi connectivity index (χ4v) is 3.19. The SMILES string of the molecule is CCSc1ccc(CN(C)C)s1. The highest BCUT2D eigenvalue weighted by Crippen LogP contribution is 2.27. The molecule has 0 aliphatic heterocycles. The lowest BCUT2D eigenvalue weighted by Crippen LogP contribution is -2.09. The molecule has 0 bridgehead atoms. The van der Waals surface area contributed by atoms with E-state index in [9.17, 15) is 0 Å². The number of rotatable bonds is 4. The van der Waals surface area contributed by atoms with Crippen molar-refractivity contribution in [2.75, 3.05) is 19.8 Å².